The lowest BCUT2D eigenvalue weighted by atomic mass is 9.87. The van der Waals surface area contributed by atoms with Crippen molar-refractivity contribution in [1.82, 2.24) is 15.5 Å². The van der Waals surface area contributed by atoms with E-state index in [4.69, 9.17) is 0 Å². The van der Waals surface area contributed by atoms with Gasteiger partial charge in [0, 0.05) is 5.56 Å². The fraction of sp³-hybridized carbons (Fsp3) is 0.467. The number of aromatic nitrogens is 2. The molecule has 1 N–H and O–H groups in total. The van der Waals surface area contributed by atoms with E-state index in [-0.39, 0.29) is 11.5 Å². The van der Waals surface area contributed by atoms with E-state index in [1.165, 1.54) is 5.56 Å². The molecule has 0 bridgehead atoms. The summed E-state index contributed by atoms with van der Waals surface area (Å²) < 4.78 is 0. The highest BCUT2D eigenvalue weighted by molar-refractivity contribution is 7.14. The van der Waals surface area contributed by atoms with Crippen molar-refractivity contribution >= 4 is 11.3 Å². The molecule has 0 amide bonds. The summed E-state index contributed by atoms with van der Waals surface area (Å²) in [5, 5.41) is 13.7. The summed E-state index contributed by atoms with van der Waals surface area (Å²) in [7, 11) is 1.93. The number of hydrogen-bond acceptors (Lipinski definition) is 4. The smallest absolute Gasteiger partial charge is 0.147 e. The molecule has 0 aliphatic rings. The summed E-state index contributed by atoms with van der Waals surface area (Å²) in [6.07, 6.45) is 0. The first-order valence-electron chi connectivity index (χ1n) is 6.53. The molecule has 2 rings (SSSR count). The number of nitrogens with zero attached hydrogens (tertiary/aromatic N) is 2. The van der Waals surface area contributed by atoms with Crippen molar-refractivity contribution in [1.29, 1.82) is 0 Å². The Kier molecular flexibility index (Phi) is 4.02. The van der Waals surface area contributed by atoms with Crippen LogP contribution < -0.4 is 5.32 Å². The zero-order chi connectivity index (χ0) is 14.0. The van der Waals surface area contributed by atoms with Gasteiger partial charge in [0.1, 0.15) is 10.0 Å². The average molecular weight is 275 g/mol. The van der Waals surface area contributed by atoms with Gasteiger partial charge in [0.05, 0.1) is 6.04 Å². The highest BCUT2D eigenvalue weighted by atomic mass is 32.1. The first kappa shape index (κ1) is 14.2. The van der Waals surface area contributed by atoms with Crippen molar-refractivity contribution in [3.05, 3.63) is 34.8 Å². The molecular weight excluding hydrogens is 254 g/mol. The standard InChI is InChI=1S/C15H21N3S/c1-10(16-5)13-17-18-14(19-13)11-6-8-12(9-7-11)15(2,3)4/h6-10,16H,1-5H3. The van der Waals surface area contributed by atoms with Crippen molar-refractivity contribution < 1.29 is 0 Å². The van der Waals surface area contributed by atoms with Gasteiger partial charge in [-0.3, -0.25) is 0 Å². The third-order valence-corrected chi connectivity index (χ3v) is 4.40. The summed E-state index contributed by atoms with van der Waals surface area (Å²) in [5.74, 6) is 0. The van der Waals surface area contributed by atoms with Gasteiger partial charge >= 0.3 is 0 Å². The average Bonchev–Trinajstić information content (AvgIpc) is 2.86. The molecule has 0 aliphatic carbocycles. The van der Waals surface area contributed by atoms with Gasteiger partial charge < -0.3 is 5.32 Å². The highest BCUT2D eigenvalue weighted by Crippen LogP contribution is 2.29. The van der Waals surface area contributed by atoms with Crippen LogP contribution in [0.1, 0.15) is 44.3 Å². The van der Waals surface area contributed by atoms with Crippen molar-refractivity contribution in [3.63, 3.8) is 0 Å². The van der Waals surface area contributed by atoms with Crippen LogP contribution in [0, 0.1) is 0 Å². The monoisotopic (exact) mass is 275 g/mol. The maximum Gasteiger partial charge on any atom is 0.147 e. The van der Waals surface area contributed by atoms with Crippen molar-refractivity contribution in [3.8, 4) is 10.6 Å². The third kappa shape index (κ3) is 3.19. The summed E-state index contributed by atoms with van der Waals surface area (Å²) >= 11 is 1.65. The van der Waals surface area contributed by atoms with Crippen LogP contribution in [0.15, 0.2) is 24.3 Å². The van der Waals surface area contributed by atoms with Crippen LogP contribution in [-0.2, 0) is 5.41 Å². The molecule has 1 heterocycles. The minimum absolute atomic E-state index is 0.186. The maximum atomic E-state index is 4.28. The van der Waals surface area contributed by atoms with Gasteiger partial charge in [0.15, 0.2) is 0 Å². The minimum Gasteiger partial charge on any atom is -0.311 e. The Morgan fingerprint density at radius 2 is 1.74 bits per heavy atom. The van der Waals surface area contributed by atoms with E-state index >= 15 is 0 Å². The zero-order valence-corrected chi connectivity index (χ0v) is 13.0. The number of nitrogens with one attached hydrogen (secondary N) is 1. The summed E-state index contributed by atoms with van der Waals surface area (Å²) in [6.45, 7) is 8.76. The van der Waals surface area contributed by atoms with E-state index < -0.39 is 0 Å². The van der Waals surface area contributed by atoms with Crippen molar-refractivity contribution in [2.24, 2.45) is 0 Å². The SMILES string of the molecule is CNC(C)c1nnc(-c2ccc(C(C)(C)C)cc2)s1. The molecule has 3 nitrogen and oxygen atoms in total. The van der Waals surface area contributed by atoms with E-state index in [9.17, 15) is 0 Å². The number of benzene rings is 1. The van der Waals surface area contributed by atoms with Gasteiger partial charge in [-0.05, 0) is 24.9 Å². The first-order valence-corrected chi connectivity index (χ1v) is 7.35. The molecule has 0 saturated heterocycles. The predicted molar refractivity (Wildman–Crippen MR) is 81.5 cm³/mol. The molecule has 0 saturated carbocycles. The Bertz CT molecular complexity index is 537. The van der Waals surface area contributed by atoms with Crippen LogP contribution in [0.2, 0.25) is 0 Å². The molecule has 1 atom stereocenters. The second kappa shape index (κ2) is 5.39. The Hall–Kier alpha value is -1.26. The maximum absolute atomic E-state index is 4.28. The number of rotatable bonds is 3. The molecule has 2 aromatic rings. The Morgan fingerprint density at radius 3 is 2.26 bits per heavy atom. The van der Waals surface area contributed by atoms with Crippen LogP contribution >= 0.6 is 11.3 Å². The molecule has 1 unspecified atom stereocenters. The topological polar surface area (TPSA) is 37.8 Å². The fourth-order valence-corrected chi connectivity index (χ4v) is 2.67. The van der Waals surface area contributed by atoms with E-state index in [1.807, 2.05) is 7.05 Å². The third-order valence-electron chi connectivity index (χ3n) is 3.24. The normalized spacial score (nSPS) is 13.5. The Balaban J connectivity index is 2.25. The van der Waals surface area contributed by atoms with Crippen LogP contribution in [-0.4, -0.2) is 17.2 Å². The predicted octanol–water partition coefficient (Wildman–Crippen LogP) is 3.78. The van der Waals surface area contributed by atoms with Crippen molar-refractivity contribution in [2.75, 3.05) is 7.05 Å². The van der Waals surface area contributed by atoms with Gasteiger partial charge in [-0.15, -0.1) is 10.2 Å². The molecule has 1 aromatic heterocycles. The summed E-state index contributed by atoms with van der Waals surface area (Å²) in [5.41, 5.74) is 2.66. The first-order chi connectivity index (χ1) is 8.91. The lowest BCUT2D eigenvalue weighted by molar-refractivity contribution is 0.590. The minimum atomic E-state index is 0.186. The molecule has 0 fully saturated rings. The van der Waals surface area contributed by atoms with E-state index in [2.05, 4.69) is 67.5 Å². The Labute approximate surface area is 119 Å². The molecular formula is C15H21N3S. The van der Waals surface area contributed by atoms with Gasteiger partial charge in [-0.1, -0.05) is 56.4 Å². The van der Waals surface area contributed by atoms with Crippen LogP contribution in [0.5, 0.6) is 0 Å². The molecule has 4 heteroatoms. The zero-order valence-electron chi connectivity index (χ0n) is 12.2. The van der Waals surface area contributed by atoms with Crippen LogP contribution in [0.25, 0.3) is 10.6 Å². The quantitative estimate of drug-likeness (QED) is 0.926. The van der Waals surface area contributed by atoms with E-state index in [0.29, 0.717) is 0 Å². The van der Waals surface area contributed by atoms with E-state index in [1.54, 1.807) is 11.3 Å². The molecule has 0 radical (unpaired) electrons. The lowest BCUT2D eigenvalue weighted by Gasteiger charge is -2.18. The summed E-state index contributed by atoms with van der Waals surface area (Å²) in [4.78, 5) is 0. The molecule has 1 aromatic carbocycles. The molecule has 19 heavy (non-hydrogen) atoms. The summed E-state index contributed by atoms with van der Waals surface area (Å²) in [6, 6.07) is 8.87. The fourth-order valence-electron chi connectivity index (χ4n) is 1.76. The highest BCUT2D eigenvalue weighted by Gasteiger charge is 2.15. The van der Waals surface area contributed by atoms with Crippen LogP contribution in [0.3, 0.4) is 0 Å². The van der Waals surface area contributed by atoms with Gasteiger partial charge in [0.2, 0.25) is 0 Å². The molecule has 0 aliphatic heterocycles. The second-order valence-corrected chi connectivity index (χ2v) is 6.79. The second-order valence-electron chi connectivity index (χ2n) is 5.78. The van der Waals surface area contributed by atoms with Gasteiger partial charge in [-0.25, -0.2) is 0 Å². The lowest BCUT2D eigenvalue weighted by Crippen LogP contribution is -2.11. The van der Waals surface area contributed by atoms with Gasteiger partial charge in [-0.2, -0.15) is 0 Å². The number of hydrogen-bond donors (Lipinski definition) is 1. The molecule has 102 valence electrons. The van der Waals surface area contributed by atoms with Crippen LogP contribution in [0.4, 0.5) is 0 Å². The largest absolute Gasteiger partial charge is 0.311 e. The van der Waals surface area contributed by atoms with Gasteiger partial charge in [0.25, 0.3) is 0 Å². The van der Waals surface area contributed by atoms with Crippen molar-refractivity contribution in [2.45, 2.75) is 39.2 Å². The molecule has 0 spiro atoms. The Morgan fingerprint density at radius 1 is 1.11 bits per heavy atom. The van der Waals surface area contributed by atoms with E-state index in [0.717, 1.165) is 15.6 Å².